The van der Waals surface area contributed by atoms with E-state index in [9.17, 15) is 13.4 Å². The SMILES string of the molecule is C[C@@H]1CCCC[C@H]1NC(=O)C[S@@](=O)Cc1csc(-c2ccc(F)cc2)n1. The number of rotatable bonds is 6. The van der Waals surface area contributed by atoms with Crippen molar-refractivity contribution in [2.45, 2.75) is 44.4 Å². The Hall–Kier alpha value is -1.60. The minimum Gasteiger partial charge on any atom is -0.352 e. The predicted octanol–water partition coefficient (Wildman–Crippen LogP) is 3.89. The standard InChI is InChI=1S/C19H23FN2O2S2/c1-13-4-2-3-5-17(13)22-18(23)12-26(24)11-16-10-25-19(21-16)14-6-8-15(20)9-7-14/h6-10,13,17H,2-5,11-12H2,1H3,(H,22,23)/t13-,17-,26+/m1/s1. The lowest BCUT2D eigenvalue weighted by Gasteiger charge is -2.29. The van der Waals surface area contributed by atoms with E-state index in [2.05, 4.69) is 17.2 Å². The first kappa shape index (κ1) is 19.2. The summed E-state index contributed by atoms with van der Waals surface area (Å²) in [5, 5.41) is 5.64. The Balaban J connectivity index is 1.51. The lowest BCUT2D eigenvalue weighted by molar-refractivity contribution is -0.119. The molecule has 1 aliphatic rings. The van der Waals surface area contributed by atoms with Crippen LogP contribution >= 0.6 is 11.3 Å². The Kier molecular flexibility index (Phi) is 6.53. The monoisotopic (exact) mass is 394 g/mol. The number of amides is 1. The minimum atomic E-state index is -1.29. The number of carbonyl (C=O) groups excluding carboxylic acids is 1. The third-order valence-electron chi connectivity index (χ3n) is 4.70. The van der Waals surface area contributed by atoms with Crippen LogP contribution in [0.1, 0.15) is 38.3 Å². The van der Waals surface area contributed by atoms with Crippen LogP contribution in [0, 0.1) is 11.7 Å². The molecular weight excluding hydrogens is 371 g/mol. The highest BCUT2D eigenvalue weighted by molar-refractivity contribution is 7.84. The zero-order chi connectivity index (χ0) is 18.5. The molecule has 1 aliphatic carbocycles. The van der Waals surface area contributed by atoms with Gasteiger partial charge in [-0.15, -0.1) is 11.3 Å². The van der Waals surface area contributed by atoms with Crippen LogP contribution in [-0.2, 0) is 21.3 Å². The number of hydrogen-bond acceptors (Lipinski definition) is 4. The van der Waals surface area contributed by atoms with Crippen LogP contribution in [0.4, 0.5) is 4.39 Å². The molecular formula is C19H23FN2O2S2. The van der Waals surface area contributed by atoms with Gasteiger partial charge in [0.1, 0.15) is 16.6 Å². The normalized spacial score (nSPS) is 21.3. The molecule has 140 valence electrons. The summed E-state index contributed by atoms with van der Waals surface area (Å²) >= 11 is 1.43. The van der Waals surface area contributed by atoms with Gasteiger partial charge >= 0.3 is 0 Å². The molecule has 0 unspecified atom stereocenters. The molecule has 26 heavy (non-hydrogen) atoms. The van der Waals surface area contributed by atoms with Gasteiger partial charge in [0.05, 0.1) is 11.4 Å². The molecule has 0 spiro atoms. The molecule has 1 saturated carbocycles. The smallest absolute Gasteiger partial charge is 0.232 e. The van der Waals surface area contributed by atoms with E-state index in [-0.39, 0.29) is 29.3 Å². The molecule has 1 heterocycles. The van der Waals surface area contributed by atoms with Crippen molar-refractivity contribution in [1.82, 2.24) is 10.3 Å². The molecule has 1 N–H and O–H groups in total. The summed E-state index contributed by atoms with van der Waals surface area (Å²) in [4.78, 5) is 16.6. The highest BCUT2D eigenvalue weighted by atomic mass is 32.2. The molecule has 0 radical (unpaired) electrons. The van der Waals surface area contributed by atoms with Crippen LogP contribution in [0.15, 0.2) is 29.6 Å². The van der Waals surface area contributed by atoms with Crippen molar-refractivity contribution < 1.29 is 13.4 Å². The number of nitrogens with one attached hydrogen (secondary N) is 1. The van der Waals surface area contributed by atoms with Gasteiger partial charge < -0.3 is 5.32 Å². The number of halogens is 1. The van der Waals surface area contributed by atoms with Gasteiger partial charge in [-0.1, -0.05) is 19.8 Å². The Morgan fingerprint density at radius 1 is 1.31 bits per heavy atom. The molecule has 3 rings (SSSR count). The van der Waals surface area contributed by atoms with Crippen LogP contribution in [0.5, 0.6) is 0 Å². The minimum absolute atomic E-state index is 0.00658. The topological polar surface area (TPSA) is 59.1 Å². The maximum absolute atomic E-state index is 13.0. The summed E-state index contributed by atoms with van der Waals surface area (Å²) in [6.45, 7) is 2.16. The van der Waals surface area contributed by atoms with Crippen molar-refractivity contribution >= 4 is 28.0 Å². The van der Waals surface area contributed by atoms with Crippen LogP contribution in [0.25, 0.3) is 10.6 Å². The zero-order valence-corrected chi connectivity index (χ0v) is 16.4. The fraction of sp³-hybridized carbons (Fsp3) is 0.474. The number of aromatic nitrogens is 1. The maximum atomic E-state index is 13.0. The van der Waals surface area contributed by atoms with Crippen molar-refractivity contribution in [1.29, 1.82) is 0 Å². The van der Waals surface area contributed by atoms with Crippen molar-refractivity contribution in [3.8, 4) is 10.6 Å². The zero-order valence-electron chi connectivity index (χ0n) is 14.7. The summed E-state index contributed by atoms with van der Waals surface area (Å²) < 4.78 is 25.3. The fourth-order valence-electron chi connectivity index (χ4n) is 3.24. The van der Waals surface area contributed by atoms with Crippen LogP contribution in [-0.4, -0.2) is 26.9 Å². The fourth-order valence-corrected chi connectivity index (χ4v) is 5.13. The number of thiazole rings is 1. The van der Waals surface area contributed by atoms with Gasteiger partial charge in [0.2, 0.25) is 5.91 Å². The van der Waals surface area contributed by atoms with Gasteiger partial charge in [0.15, 0.2) is 0 Å². The molecule has 1 aromatic carbocycles. The van der Waals surface area contributed by atoms with Gasteiger partial charge in [-0.2, -0.15) is 0 Å². The Labute approximate surface area is 159 Å². The average Bonchev–Trinajstić information content (AvgIpc) is 3.05. The lowest BCUT2D eigenvalue weighted by atomic mass is 9.86. The summed E-state index contributed by atoms with van der Waals surface area (Å²) in [5.74, 6) is 0.316. The third-order valence-corrected chi connectivity index (χ3v) is 6.84. The number of benzene rings is 1. The van der Waals surface area contributed by atoms with Crippen molar-refractivity contribution in [2.75, 3.05) is 5.75 Å². The summed E-state index contributed by atoms with van der Waals surface area (Å²) in [7, 11) is -1.29. The van der Waals surface area contributed by atoms with E-state index < -0.39 is 10.8 Å². The second-order valence-corrected chi connectivity index (χ2v) is 9.13. The molecule has 0 bridgehead atoms. The third kappa shape index (κ3) is 5.20. The first-order valence-corrected chi connectivity index (χ1v) is 11.2. The second kappa shape index (κ2) is 8.86. The average molecular weight is 395 g/mol. The predicted molar refractivity (Wildman–Crippen MR) is 104 cm³/mol. The number of nitrogens with zero attached hydrogens (tertiary/aromatic N) is 1. The van der Waals surface area contributed by atoms with Gasteiger partial charge in [-0.3, -0.25) is 9.00 Å². The Morgan fingerprint density at radius 3 is 2.77 bits per heavy atom. The molecule has 4 nitrogen and oxygen atoms in total. The van der Waals surface area contributed by atoms with Gasteiger partial charge in [-0.25, -0.2) is 9.37 Å². The Bertz CT molecular complexity index is 776. The van der Waals surface area contributed by atoms with Crippen LogP contribution in [0.3, 0.4) is 0 Å². The Morgan fingerprint density at radius 2 is 2.04 bits per heavy atom. The molecule has 1 amide bonds. The number of carbonyl (C=O) groups is 1. The van der Waals surface area contributed by atoms with Crippen LogP contribution < -0.4 is 5.32 Å². The first-order chi connectivity index (χ1) is 12.5. The molecule has 7 heteroatoms. The second-order valence-electron chi connectivity index (χ2n) is 6.82. The van der Waals surface area contributed by atoms with Gasteiger partial charge in [-0.05, 0) is 43.0 Å². The maximum Gasteiger partial charge on any atom is 0.232 e. The molecule has 0 aliphatic heterocycles. The molecule has 1 fully saturated rings. The van der Waals surface area contributed by atoms with E-state index in [1.807, 2.05) is 5.38 Å². The van der Waals surface area contributed by atoms with Gasteiger partial charge in [0.25, 0.3) is 0 Å². The first-order valence-electron chi connectivity index (χ1n) is 8.86. The van der Waals surface area contributed by atoms with Crippen LogP contribution in [0.2, 0.25) is 0 Å². The van der Waals surface area contributed by atoms with Crippen molar-refractivity contribution in [3.05, 3.63) is 41.2 Å². The molecule has 3 atom stereocenters. The largest absolute Gasteiger partial charge is 0.352 e. The highest BCUT2D eigenvalue weighted by Crippen LogP contribution is 2.25. The van der Waals surface area contributed by atoms with E-state index in [0.29, 0.717) is 11.6 Å². The van der Waals surface area contributed by atoms with Crippen molar-refractivity contribution in [3.63, 3.8) is 0 Å². The van der Waals surface area contributed by atoms with E-state index >= 15 is 0 Å². The van der Waals surface area contributed by atoms with Crippen molar-refractivity contribution in [2.24, 2.45) is 5.92 Å². The summed E-state index contributed by atoms with van der Waals surface area (Å²) in [6.07, 6.45) is 4.51. The quantitative estimate of drug-likeness (QED) is 0.809. The summed E-state index contributed by atoms with van der Waals surface area (Å²) in [6, 6.07) is 6.34. The van der Waals surface area contributed by atoms with E-state index in [1.165, 1.54) is 29.9 Å². The molecule has 2 aromatic rings. The van der Waals surface area contributed by atoms with E-state index in [4.69, 9.17) is 0 Å². The van der Waals surface area contributed by atoms with E-state index in [0.717, 1.165) is 29.8 Å². The highest BCUT2D eigenvalue weighted by Gasteiger charge is 2.23. The summed E-state index contributed by atoms with van der Waals surface area (Å²) in [5.41, 5.74) is 1.53. The van der Waals surface area contributed by atoms with E-state index in [1.54, 1.807) is 12.1 Å². The lowest BCUT2D eigenvalue weighted by Crippen LogP contribution is -2.42. The number of hydrogen-bond donors (Lipinski definition) is 1. The molecule has 0 saturated heterocycles. The molecule has 1 aromatic heterocycles. The van der Waals surface area contributed by atoms with Gasteiger partial charge in [0, 0.05) is 27.8 Å².